The van der Waals surface area contributed by atoms with Gasteiger partial charge in [-0.3, -0.25) is 9.59 Å². The van der Waals surface area contributed by atoms with Crippen LogP contribution in [-0.4, -0.2) is 23.0 Å². The fourth-order valence-electron chi connectivity index (χ4n) is 3.70. The number of para-hydroxylation sites is 1. The van der Waals surface area contributed by atoms with Gasteiger partial charge in [-0.25, -0.2) is 0 Å². The fraction of sp³-hybridized carbons (Fsp3) is 0.391. The van der Waals surface area contributed by atoms with Crippen molar-refractivity contribution < 1.29 is 19.4 Å². The van der Waals surface area contributed by atoms with Crippen molar-refractivity contribution in [3.8, 4) is 5.75 Å². The lowest BCUT2D eigenvalue weighted by Gasteiger charge is -2.29. The van der Waals surface area contributed by atoms with Crippen molar-refractivity contribution >= 4 is 11.9 Å². The molecule has 1 aliphatic carbocycles. The maximum Gasteiger partial charge on any atom is 0.306 e. The number of ether oxygens (including phenoxy) is 1. The number of carbonyl (C=O) groups excluding carboxylic acids is 1. The Balaban J connectivity index is 1.74. The molecular weight excluding hydrogens is 354 g/mol. The molecule has 5 heteroatoms. The summed E-state index contributed by atoms with van der Waals surface area (Å²) in [6.07, 6.45) is 2.61. The predicted octanol–water partition coefficient (Wildman–Crippen LogP) is 4.13. The Morgan fingerprint density at radius 1 is 1.04 bits per heavy atom. The molecule has 1 saturated carbocycles. The van der Waals surface area contributed by atoms with Gasteiger partial charge in [-0.15, -0.1) is 0 Å². The summed E-state index contributed by atoms with van der Waals surface area (Å²) in [5.74, 6) is -0.517. The predicted molar refractivity (Wildman–Crippen MR) is 107 cm³/mol. The Bertz CT molecular complexity index is 797. The number of aryl methyl sites for hydroxylation is 1. The summed E-state index contributed by atoms with van der Waals surface area (Å²) in [6.45, 7) is 2.06. The Morgan fingerprint density at radius 3 is 2.32 bits per heavy atom. The quantitative estimate of drug-likeness (QED) is 0.756. The third kappa shape index (κ3) is 4.91. The molecule has 0 radical (unpaired) electrons. The molecule has 1 aliphatic rings. The van der Waals surface area contributed by atoms with E-state index in [1.54, 1.807) is 0 Å². The van der Waals surface area contributed by atoms with E-state index in [0.29, 0.717) is 31.4 Å². The van der Waals surface area contributed by atoms with Crippen molar-refractivity contribution in [2.75, 3.05) is 0 Å². The lowest BCUT2D eigenvalue weighted by molar-refractivity contribution is -0.142. The number of nitrogens with one attached hydrogen (secondary N) is 1. The van der Waals surface area contributed by atoms with Crippen LogP contribution in [0.3, 0.4) is 0 Å². The van der Waals surface area contributed by atoms with Crippen molar-refractivity contribution in [3.63, 3.8) is 0 Å². The molecule has 28 heavy (non-hydrogen) atoms. The zero-order chi connectivity index (χ0) is 19.9. The van der Waals surface area contributed by atoms with Crippen LogP contribution in [0.1, 0.15) is 49.8 Å². The molecule has 0 heterocycles. The van der Waals surface area contributed by atoms with E-state index in [-0.39, 0.29) is 17.9 Å². The number of hydrogen-bond donors (Lipinski definition) is 2. The van der Waals surface area contributed by atoms with Gasteiger partial charge >= 0.3 is 5.97 Å². The van der Waals surface area contributed by atoms with Crippen LogP contribution in [0.4, 0.5) is 0 Å². The standard InChI is InChI=1S/C23H27NO4/c1-2-16-8-6-7-11-20(16)28-21(17-9-4-3-5-10-17)22(25)24-19-14-12-18(13-15-19)23(26)27/h3-11,18-19,21H,2,12-15H2,1H3,(H,24,25)(H,26,27). The van der Waals surface area contributed by atoms with Crippen LogP contribution in [-0.2, 0) is 16.0 Å². The highest BCUT2D eigenvalue weighted by atomic mass is 16.5. The van der Waals surface area contributed by atoms with Crippen LogP contribution in [0.15, 0.2) is 54.6 Å². The first-order chi connectivity index (χ1) is 13.6. The van der Waals surface area contributed by atoms with Gasteiger partial charge < -0.3 is 15.2 Å². The number of hydrogen-bond acceptors (Lipinski definition) is 3. The molecule has 2 aromatic carbocycles. The Labute approximate surface area is 165 Å². The molecule has 2 aromatic rings. The van der Waals surface area contributed by atoms with E-state index in [0.717, 1.165) is 17.5 Å². The Hall–Kier alpha value is -2.82. The average molecular weight is 381 g/mol. The molecule has 1 fully saturated rings. The number of aliphatic carboxylic acids is 1. The molecule has 1 atom stereocenters. The van der Waals surface area contributed by atoms with Gasteiger partial charge in [0.05, 0.1) is 5.92 Å². The number of carbonyl (C=O) groups is 2. The van der Waals surface area contributed by atoms with Crippen LogP contribution in [0.5, 0.6) is 5.75 Å². The summed E-state index contributed by atoms with van der Waals surface area (Å²) in [4.78, 5) is 24.2. The van der Waals surface area contributed by atoms with Gasteiger partial charge in [-0.1, -0.05) is 55.5 Å². The van der Waals surface area contributed by atoms with E-state index in [9.17, 15) is 9.59 Å². The van der Waals surface area contributed by atoms with Crippen molar-refractivity contribution in [2.45, 2.75) is 51.2 Å². The van der Waals surface area contributed by atoms with E-state index in [1.165, 1.54) is 0 Å². The normalized spacial score (nSPS) is 20.2. The number of carboxylic acid groups (broad SMARTS) is 1. The minimum atomic E-state index is -0.744. The van der Waals surface area contributed by atoms with Crippen LogP contribution in [0, 0.1) is 5.92 Å². The summed E-state index contributed by atoms with van der Waals surface area (Å²) in [7, 11) is 0. The van der Waals surface area contributed by atoms with E-state index >= 15 is 0 Å². The highest BCUT2D eigenvalue weighted by Gasteiger charge is 2.30. The van der Waals surface area contributed by atoms with Crippen LogP contribution >= 0.6 is 0 Å². The van der Waals surface area contributed by atoms with E-state index in [4.69, 9.17) is 9.84 Å². The van der Waals surface area contributed by atoms with Gasteiger partial charge in [-0.05, 0) is 43.7 Å². The molecule has 0 bridgehead atoms. The first-order valence-corrected chi connectivity index (χ1v) is 9.91. The summed E-state index contributed by atoms with van der Waals surface area (Å²) < 4.78 is 6.18. The van der Waals surface area contributed by atoms with Gasteiger partial charge in [0.15, 0.2) is 0 Å². The SMILES string of the molecule is CCc1ccccc1OC(C(=O)NC1CCC(C(=O)O)CC1)c1ccccc1. The molecular formula is C23H27NO4. The molecule has 2 N–H and O–H groups in total. The smallest absolute Gasteiger partial charge is 0.306 e. The topological polar surface area (TPSA) is 75.6 Å². The zero-order valence-electron chi connectivity index (χ0n) is 16.1. The largest absolute Gasteiger partial charge is 0.481 e. The third-order valence-electron chi connectivity index (χ3n) is 5.36. The fourth-order valence-corrected chi connectivity index (χ4v) is 3.70. The van der Waals surface area contributed by atoms with Crippen LogP contribution in [0.25, 0.3) is 0 Å². The number of amides is 1. The lowest BCUT2D eigenvalue weighted by atomic mass is 9.86. The van der Waals surface area contributed by atoms with Crippen molar-refractivity contribution in [1.82, 2.24) is 5.32 Å². The van der Waals surface area contributed by atoms with Crippen molar-refractivity contribution in [2.24, 2.45) is 5.92 Å². The molecule has 3 rings (SSSR count). The monoisotopic (exact) mass is 381 g/mol. The minimum absolute atomic E-state index is 0.0145. The maximum atomic E-state index is 13.1. The van der Waals surface area contributed by atoms with Crippen molar-refractivity contribution in [1.29, 1.82) is 0 Å². The van der Waals surface area contributed by atoms with Crippen LogP contribution < -0.4 is 10.1 Å². The Kier molecular flexibility index (Phi) is 6.69. The molecule has 5 nitrogen and oxygen atoms in total. The number of rotatable bonds is 7. The second kappa shape index (κ2) is 9.40. The summed E-state index contributed by atoms with van der Waals surface area (Å²) in [6, 6.07) is 17.2. The molecule has 0 saturated heterocycles. The summed E-state index contributed by atoms with van der Waals surface area (Å²) >= 11 is 0. The van der Waals surface area contributed by atoms with Gasteiger partial charge in [0, 0.05) is 11.6 Å². The molecule has 0 spiro atoms. The molecule has 0 aliphatic heterocycles. The average Bonchev–Trinajstić information content (AvgIpc) is 2.73. The van der Waals surface area contributed by atoms with Gasteiger partial charge in [0.1, 0.15) is 5.75 Å². The first kappa shape index (κ1) is 19.9. The summed E-state index contributed by atoms with van der Waals surface area (Å²) in [5, 5.41) is 12.2. The second-order valence-corrected chi connectivity index (χ2v) is 7.27. The molecule has 1 amide bonds. The second-order valence-electron chi connectivity index (χ2n) is 7.27. The third-order valence-corrected chi connectivity index (χ3v) is 5.36. The van der Waals surface area contributed by atoms with E-state index < -0.39 is 12.1 Å². The van der Waals surface area contributed by atoms with E-state index in [1.807, 2.05) is 54.6 Å². The van der Waals surface area contributed by atoms with Gasteiger partial charge in [0.25, 0.3) is 5.91 Å². The van der Waals surface area contributed by atoms with Crippen LogP contribution in [0.2, 0.25) is 0 Å². The van der Waals surface area contributed by atoms with Gasteiger partial charge in [0.2, 0.25) is 6.10 Å². The maximum absolute atomic E-state index is 13.1. The minimum Gasteiger partial charge on any atom is -0.481 e. The van der Waals surface area contributed by atoms with Gasteiger partial charge in [-0.2, -0.15) is 0 Å². The summed E-state index contributed by atoms with van der Waals surface area (Å²) in [5.41, 5.74) is 1.85. The Morgan fingerprint density at radius 2 is 1.68 bits per heavy atom. The molecule has 0 aromatic heterocycles. The highest BCUT2D eigenvalue weighted by Crippen LogP contribution is 2.28. The number of benzene rings is 2. The first-order valence-electron chi connectivity index (χ1n) is 9.91. The van der Waals surface area contributed by atoms with Crippen molar-refractivity contribution in [3.05, 3.63) is 65.7 Å². The van der Waals surface area contributed by atoms with E-state index in [2.05, 4.69) is 12.2 Å². The zero-order valence-corrected chi connectivity index (χ0v) is 16.1. The number of carboxylic acids is 1. The lowest BCUT2D eigenvalue weighted by Crippen LogP contribution is -2.42. The highest BCUT2D eigenvalue weighted by molar-refractivity contribution is 5.83. The molecule has 1 unspecified atom stereocenters. The molecule has 148 valence electrons.